The minimum absolute atomic E-state index is 0.00376. The fraction of sp³-hybridized carbons (Fsp3) is 0.500. The van der Waals surface area contributed by atoms with E-state index in [2.05, 4.69) is 20.6 Å². The van der Waals surface area contributed by atoms with Gasteiger partial charge in [0.2, 0.25) is 11.8 Å². The van der Waals surface area contributed by atoms with Crippen molar-refractivity contribution in [1.82, 2.24) is 15.3 Å². The number of anilines is 1. The van der Waals surface area contributed by atoms with E-state index in [-0.39, 0.29) is 18.4 Å². The zero-order valence-electron chi connectivity index (χ0n) is 11.6. The summed E-state index contributed by atoms with van der Waals surface area (Å²) >= 11 is 0. The Morgan fingerprint density at radius 3 is 2.75 bits per heavy atom. The lowest BCUT2D eigenvalue weighted by atomic mass is 10.2. The van der Waals surface area contributed by atoms with Gasteiger partial charge in [0.1, 0.15) is 0 Å². The van der Waals surface area contributed by atoms with Crippen LogP contribution in [0.2, 0.25) is 0 Å². The van der Waals surface area contributed by atoms with Crippen LogP contribution >= 0.6 is 0 Å². The van der Waals surface area contributed by atoms with Crippen LogP contribution in [0.15, 0.2) is 6.07 Å². The molecular weight excluding hydrogens is 264 g/mol. The molecule has 8 nitrogen and oxygen atoms in total. The third-order valence-electron chi connectivity index (χ3n) is 2.43. The van der Waals surface area contributed by atoms with Crippen molar-refractivity contribution in [1.29, 1.82) is 0 Å². The van der Waals surface area contributed by atoms with Gasteiger partial charge in [-0.15, -0.1) is 0 Å². The molecule has 0 spiro atoms. The fourth-order valence-electron chi connectivity index (χ4n) is 1.47. The molecule has 0 radical (unpaired) electrons. The minimum atomic E-state index is -0.897. The fourth-order valence-corrected chi connectivity index (χ4v) is 1.47. The van der Waals surface area contributed by atoms with Gasteiger partial charge in [-0.2, -0.15) is 4.98 Å². The van der Waals surface area contributed by atoms with Crippen LogP contribution in [0.5, 0.6) is 5.88 Å². The average Bonchev–Trinajstić information content (AvgIpc) is 2.35. The van der Waals surface area contributed by atoms with Crippen molar-refractivity contribution >= 4 is 17.9 Å². The number of amides is 2. The van der Waals surface area contributed by atoms with E-state index in [4.69, 9.17) is 9.84 Å². The number of nitrogens with zero attached hydrogens (tertiary/aromatic N) is 2. The standard InChI is InChI=1S/C12H18N4O4/c1-7(4-5-10(17)18)14-12(19)16-11-13-8(2)6-9(15-11)20-3/h6-7H,4-5H2,1-3H3,(H,17,18)(H2,13,14,15,16,19). The normalized spacial score (nSPS) is 11.6. The van der Waals surface area contributed by atoms with E-state index in [0.29, 0.717) is 18.0 Å². The molecule has 0 aliphatic rings. The molecule has 3 N–H and O–H groups in total. The number of carboxylic acid groups (broad SMARTS) is 1. The number of methoxy groups -OCH3 is 1. The number of aliphatic carboxylic acids is 1. The molecule has 0 saturated heterocycles. The van der Waals surface area contributed by atoms with Crippen LogP contribution in [0.1, 0.15) is 25.5 Å². The highest BCUT2D eigenvalue weighted by atomic mass is 16.5. The molecule has 2 amide bonds. The van der Waals surface area contributed by atoms with Gasteiger partial charge in [0.15, 0.2) is 0 Å². The monoisotopic (exact) mass is 282 g/mol. The lowest BCUT2D eigenvalue weighted by molar-refractivity contribution is -0.137. The number of rotatable bonds is 6. The van der Waals surface area contributed by atoms with E-state index < -0.39 is 12.0 Å². The number of aryl methyl sites for hydroxylation is 1. The molecule has 1 heterocycles. The predicted octanol–water partition coefficient (Wildman–Crippen LogP) is 1.17. The zero-order chi connectivity index (χ0) is 15.1. The number of carbonyl (C=O) groups excluding carboxylic acids is 1. The average molecular weight is 282 g/mol. The van der Waals surface area contributed by atoms with Gasteiger partial charge >= 0.3 is 12.0 Å². The lowest BCUT2D eigenvalue weighted by Gasteiger charge is -2.13. The molecule has 110 valence electrons. The molecule has 0 fully saturated rings. The van der Waals surface area contributed by atoms with Crippen molar-refractivity contribution in [3.8, 4) is 5.88 Å². The second-order valence-corrected chi connectivity index (χ2v) is 4.31. The maximum absolute atomic E-state index is 11.7. The van der Waals surface area contributed by atoms with Crippen LogP contribution in [0, 0.1) is 6.92 Å². The van der Waals surface area contributed by atoms with E-state index in [1.54, 1.807) is 19.9 Å². The lowest BCUT2D eigenvalue weighted by Crippen LogP contribution is -2.36. The summed E-state index contributed by atoms with van der Waals surface area (Å²) in [5.41, 5.74) is 0.658. The van der Waals surface area contributed by atoms with Crippen molar-refractivity contribution in [3.05, 3.63) is 11.8 Å². The van der Waals surface area contributed by atoms with E-state index >= 15 is 0 Å². The quantitative estimate of drug-likeness (QED) is 0.721. The zero-order valence-corrected chi connectivity index (χ0v) is 11.6. The highest BCUT2D eigenvalue weighted by Gasteiger charge is 2.11. The predicted molar refractivity (Wildman–Crippen MR) is 71.8 cm³/mol. The first-order chi connectivity index (χ1) is 9.40. The van der Waals surface area contributed by atoms with Gasteiger partial charge in [-0.3, -0.25) is 10.1 Å². The summed E-state index contributed by atoms with van der Waals surface area (Å²) in [6.07, 6.45) is 0.344. The van der Waals surface area contributed by atoms with Gasteiger partial charge in [-0.25, -0.2) is 9.78 Å². The summed E-state index contributed by atoms with van der Waals surface area (Å²) in [7, 11) is 1.47. The highest BCUT2D eigenvalue weighted by Crippen LogP contribution is 2.11. The van der Waals surface area contributed by atoms with E-state index in [9.17, 15) is 9.59 Å². The molecule has 1 atom stereocenters. The van der Waals surface area contributed by atoms with Gasteiger partial charge in [-0.05, 0) is 20.3 Å². The summed E-state index contributed by atoms with van der Waals surface area (Å²) in [6, 6.07) is 0.881. The van der Waals surface area contributed by atoms with Crippen LogP contribution in [-0.2, 0) is 4.79 Å². The van der Waals surface area contributed by atoms with E-state index in [0.717, 1.165) is 0 Å². The summed E-state index contributed by atoms with van der Waals surface area (Å²) in [5, 5.41) is 13.6. The van der Waals surface area contributed by atoms with Gasteiger partial charge in [0.25, 0.3) is 0 Å². The number of hydrogen-bond acceptors (Lipinski definition) is 5. The van der Waals surface area contributed by atoms with Crippen LogP contribution in [0.4, 0.5) is 10.7 Å². The minimum Gasteiger partial charge on any atom is -0.481 e. The molecule has 20 heavy (non-hydrogen) atoms. The van der Waals surface area contributed by atoms with Crippen molar-refractivity contribution in [2.45, 2.75) is 32.7 Å². The molecule has 0 aliphatic heterocycles. The first-order valence-electron chi connectivity index (χ1n) is 6.09. The highest BCUT2D eigenvalue weighted by molar-refractivity contribution is 5.87. The summed E-state index contributed by atoms with van der Waals surface area (Å²) in [5.74, 6) is -0.415. The second-order valence-electron chi connectivity index (χ2n) is 4.31. The van der Waals surface area contributed by atoms with E-state index in [1.165, 1.54) is 7.11 Å². The SMILES string of the molecule is COc1cc(C)nc(NC(=O)NC(C)CCC(=O)O)n1. The van der Waals surface area contributed by atoms with Gasteiger partial charge < -0.3 is 15.2 Å². The van der Waals surface area contributed by atoms with Crippen molar-refractivity contribution in [2.24, 2.45) is 0 Å². The summed E-state index contributed by atoms with van der Waals surface area (Å²) in [4.78, 5) is 30.1. The van der Waals surface area contributed by atoms with Crippen molar-refractivity contribution < 1.29 is 19.4 Å². The Balaban J connectivity index is 2.53. The third-order valence-corrected chi connectivity index (χ3v) is 2.43. The first kappa shape index (κ1) is 15.7. The van der Waals surface area contributed by atoms with E-state index in [1.807, 2.05) is 0 Å². The maximum atomic E-state index is 11.7. The summed E-state index contributed by atoms with van der Waals surface area (Å²) in [6.45, 7) is 3.48. The molecule has 1 rings (SSSR count). The Hall–Kier alpha value is -2.38. The van der Waals surface area contributed by atoms with Gasteiger partial charge in [0.05, 0.1) is 7.11 Å². The van der Waals surface area contributed by atoms with Gasteiger partial charge in [-0.1, -0.05) is 0 Å². The number of carbonyl (C=O) groups is 2. The molecular formula is C12H18N4O4. The maximum Gasteiger partial charge on any atom is 0.321 e. The Bertz CT molecular complexity index is 492. The topological polar surface area (TPSA) is 113 Å². The third kappa shape index (κ3) is 5.51. The van der Waals surface area contributed by atoms with Crippen LogP contribution in [0.3, 0.4) is 0 Å². The number of nitrogens with one attached hydrogen (secondary N) is 2. The number of aromatic nitrogens is 2. The molecule has 0 aliphatic carbocycles. The molecule has 0 bridgehead atoms. The second kappa shape index (κ2) is 7.27. The molecule has 0 saturated carbocycles. The molecule has 0 aromatic carbocycles. The van der Waals surface area contributed by atoms with Gasteiger partial charge in [0, 0.05) is 24.2 Å². The smallest absolute Gasteiger partial charge is 0.321 e. The Morgan fingerprint density at radius 2 is 2.15 bits per heavy atom. The Labute approximate surface area is 116 Å². The summed E-state index contributed by atoms with van der Waals surface area (Å²) < 4.78 is 4.98. The molecule has 1 aromatic rings. The first-order valence-corrected chi connectivity index (χ1v) is 6.09. The number of carboxylic acids is 1. The van der Waals surface area contributed by atoms with Crippen LogP contribution < -0.4 is 15.4 Å². The largest absolute Gasteiger partial charge is 0.481 e. The van der Waals surface area contributed by atoms with Crippen molar-refractivity contribution in [2.75, 3.05) is 12.4 Å². The Morgan fingerprint density at radius 1 is 1.45 bits per heavy atom. The number of hydrogen-bond donors (Lipinski definition) is 3. The van der Waals surface area contributed by atoms with Crippen LogP contribution in [0.25, 0.3) is 0 Å². The molecule has 1 aromatic heterocycles. The molecule has 8 heteroatoms. The van der Waals surface area contributed by atoms with Crippen molar-refractivity contribution in [3.63, 3.8) is 0 Å². The van der Waals surface area contributed by atoms with Crippen LogP contribution in [-0.4, -0.2) is 40.2 Å². The Kier molecular flexibility index (Phi) is 5.70. The molecule has 1 unspecified atom stereocenters. The number of ether oxygens (including phenoxy) is 1. The number of urea groups is 1.